The van der Waals surface area contributed by atoms with E-state index in [-0.39, 0.29) is 6.61 Å². The van der Waals surface area contributed by atoms with Gasteiger partial charge in [0.2, 0.25) is 0 Å². The second kappa shape index (κ2) is 12.2. The monoisotopic (exact) mass is 481 g/mol. The Bertz CT molecular complexity index is 1130. The molecule has 1 atom stereocenters. The fraction of sp³-hybridized carbons (Fsp3) is 0.194. The van der Waals surface area contributed by atoms with Gasteiger partial charge in [-0.05, 0) is 34.4 Å². The summed E-state index contributed by atoms with van der Waals surface area (Å²) in [6.45, 7) is 0.458. The first-order chi connectivity index (χ1) is 17.7. The number of hydrogen-bond donors (Lipinski definition) is 1. The summed E-state index contributed by atoms with van der Waals surface area (Å²) in [5.41, 5.74) is 3.15. The van der Waals surface area contributed by atoms with Gasteiger partial charge < -0.3 is 14.2 Å². The Kier molecular flexibility index (Phi) is 8.50. The van der Waals surface area contributed by atoms with Crippen molar-refractivity contribution in [3.05, 3.63) is 138 Å². The van der Waals surface area contributed by atoms with Gasteiger partial charge in [-0.3, -0.25) is 10.1 Å². The van der Waals surface area contributed by atoms with Crippen LogP contribution in [0.2, 0.25) is 0 Å². The number of ether oxygens (including phenoxy) is 3. The zero-order chi connectivity index (χ0) is 25.2. The summed E-state index contributed by atoms with van der Waals surface area (Å²) in [5, 5.41) is 3.65. The summed E-state index contributed by atoms with van der Waals surface area (Å²) < 4.78 is 16.6. The van der Waals surface area contributed by atoms with Gasteiger partial charge in [-0.15, -0.1) is 0 Å². The summed E-state index contributed by atoms with van der Waals surface area (Å²) in [7, 11) is 3.03. The largest absolute Gasteiger partial charge is 0.497 e. The lowest BCUT2D eigenvalue weighted by Gasteiger charge is -2.39. The maximum Gasteiger partial charge on any atom is 0.325 e. The molecule has 0 fully saturated rings. The molecular formula is C31H31NO4. The third kappa shape index (κ3) is 5.65. The Balaban J connectivity index is 1.72. The number of nitrogens with one attached hydrogen (secondary N) is 1. The van der Waals surface area contributed by atoms with Crippen LogP contribution >= 0.6 is 0 Å². The second-order valence-electron chi connectivity index (χ2n) is 8.43. The van der Waals surface area contributed by atoms with E-state index in [9.17, 15) is 4.79 Å². The number of hydrogen-bond acceptors (Lipinski definition) is 5. The summed E-state index contributed by atoms with van der Waals surface area (Å²) in [6, 6.07) is 37.3. The third-order valence-corrected chi connectivity index (χ3v) is 6.18. The van der Waals surface area contributed by atoms with Crippen molar-refractivity contribution in [2.45, 2.75) is 18.2 Å². The van der Waals surface area contributed by atoms with Crippen LogP contribution in [0.5, 0.6) is 5.75 Å². The highest BCUT2D eigenvalue weighted by atomic mass is 16.5. The maximum atomic E-state index is 13.0. The molecule has 5 heteroatoms. The van der Waals surface area contributed by atoms with E-state index in [2.05, 4.69) is 41.7 Å². The van der Waals surface area contributed by atoms with Crippen molar-refractivity contribution in [3.63, 3.8) is 0 Å². The maximum absolute atomic E-state index is 13.0. The molecule has 36 heavy (non-hydrogen) atoms. The van der Waals surface area contributed by atoms with Crippen molar-refractivity contribution in [1.29, 1.82) is 0 Å². The van der Waals surface area contributed by atoms with Crippen LogP contribution in [-0.2, 0) is 26.4 Å². The molecule has 5 nitrogen and oxygen atoms in total. The van der Waals surface area contributed by atoms with E-state index in [0.717, 1.165) is 28.0 Å². The molecule has 0 radical (unpaired) electrons. The van der Waals surface area contributed by atoms with Crippen LogP contribution in [0.3, 0.4) is 0 Å². The number of esters is 1. The average Bonchev–Trinajstić information content (AvgIpc) is 2.96. The molecule has 0 spiro atoms. The molecule has 0 heterocycles. The van der Waals surface area contributed by atoms with Gasteiger partial charge >= 0.3 is 5.97 Å². The van der Waals surface area contributed by atoms with E-state index in [1.807, 2.05) is 78.9 Å². The minimum absolute atomic E-state index is 0.123. The van der Waals surface area contributed by atoms with Gasteiger partial charge in [0, 0.05) is 0 Å². The van der Waals surface area contributed by atoms with Gasteiger partial charge in [-0.25, -0.2) is 0 Å². The van der Waals surface area contributed by atoms with Crippen LogP contribution in [-0.4, -0.2) is 32.8 Å². The Morgan fingerprint density at radius 2 is 1.28 bits per heavy atom. The summed E-state index contributed by atoms with van der Waals surface area (Å²) in [6.07, 6.45) is 0. The minimum atomic E-state index is -0.817. The zero-order valence-corrected chi connectivity index (χ0v) is 20.6. The van der Waals surface area contributed by atoms with E-state index in [1.165, 1.54) is 7.11 Å². The quantitative estimate of drug-likeness (QED) is 0.232. The molecule has 0 aromatic heterocycles. The molecule has 0 amide bonds. The Morgan fingerprint density at radius 1 is 0.750 bits per heavy atom. The Hall–Kier alpha value is -3.93. The molecular weight excluding hydrogens is 450 g/mol. The fourth-order valence-corrected chi connectivity index (χ4v) is 4.44. The van der Waals surface area contributed by atoms with Crippen LogP contribution in [0.4, 0.5) is 0 Å². The molecule has 0 saturated heterocycles. The lowest BCUT2D eigenvalue weighted by molar-refractivity contribution is -0.145. The predicted octanol–water partition coefficient (Wildman–Crippen LogP) is 5.34. The van der Waals surface area contributed by atoms with Crippen molar-refractivity contribution < 1.29 is 19.0 Å². The second-order valence-corrected chi connectivity index (χ2v) is 8.43. The van der Waals surface area contributed by atoms with Crippen molar-refractivity contribution in [3.8, 4) is 5.75 Å². The van der Waals surface area contributed by atoms with Crippen LogP contribution in [0.1, 0.15) is 22.3 Å². The lowest BCUT2D eigenvalue weighted by Crippen LogP contribution is -2.54. The molecule has 4 rings (SSSR count). The zero-order valence-electron chi connectivity index (χ0n) is 20.6. The van der Waals surface area contributed by atoms with Gasteiger partial charge in [0.1, 0.15) is 11.8 Å². The summed E-state index contributed by atoms with van der Waals surface area (Å²) in [5.74, 6) is 0.364. The van der Waals surface area contributed by atoms with E-state index in [0.29, 0.717) is 6.61 Å². The fourth-order valence-electron chi connectivity index (χ4n) is 4.44. The number of carbonyl (C=O) groups is 1. The third-order valence-electron chi connectivity index (χ3n) is 6.18. The standard InChI is InChI=1S/C31H31NO4/c1-34-28-20-12-13-24(21-28)22-36-23-29(30(33)35-2)32-31(25-14-6-3-7-15-25,26-16-8-4-9-17-26)27-18-10-5-11-19-27/h3-21,29,32H,22-23H2,1-2H3/t29-/m0/s1. The van der Waals surface area contributed by atoms with Crippen molar-refractivity contribution in [2.75, 3.05) is 20.8 Å². The van der Waals surface area contributed by atoms with Crippen LogP contribution < -0.4 is 10.1 Å². The molecule has 0 aliphatic carbocycles. The highest BCUT2D eigenvalue weighted by molar-refractivity contribution is 5.76. The normalized spacial score (nSPS) is 12.1. The van der Waals surface area contributed by atoms with E-state index in [4.69, 9.17) is 14.2 Å². The predicted molar refractivity (Wildman–Crippen MR) is 141 cm³/mol. The molecule has 4 aromatic rings. The van der Waals surface area contributed by atoms with Crippen molar-refractivity contribution >= 4 is 5.97 Å². The van der Waals surface area contributed by atoms with E-state index in [1.54, 1.807) is 7.11 Å². The number of carbonyl (C=O) groups excluding carboxylic acids is 1. The van der Waals surface area contributed by atoms with Gasteiger partial charge in [0.15, 0.2) is 0 Å². The minimum Gasteiger partial charge on any atom is -0.497 e. The molecule has 184 valence electrons. The smallest absolute Gasteiger partial charge is 0.325 e. The molecule has 1 N–H and O–H groups in total. The van der Waals surface area contributed by atoms with Gasteiger partial charge in [0.05, 0.1) is 33.0 Å². The molecule has 0 aliphatic rings. The highest BCUT2D eigenvalue weighted by Crippen LogP contribution is 2.37. The molecule has 0 aliphatic heterocycles. The highest BCUT2D eigenvalue weighted by Gasteiger charge is 2.40. The SMILES string of the molecule is COC(=O)[C@H](COCc1cccc(OC)c1)NC(c1ccccc1)(c1ccccc1)c1ccccc1. The van der Waals surface area contributed by atoms with Gasteiger partial charge in [-0.1, -0.05) is 103 Å². The lowest BCUT2D eigenvalue weighted by atomic mass is 9.76. The van der Waals surface area contributed by atoms with Gasteiger partial charge in [-0.2, -0.15) is 0 Å². The number of benzene rings is 4. The van der Waals surface area contributed by atoms with Crippen molar-refractivity contribution in [1.82, 2.24) is 5.32 Å². The average molecular weight is 482 g/mol. The Labute approximate surface area is 212 Å². The van der Waals surface area contributed by atoms with E-state index < -0.39 is 17.6 Å². The first-order valence-corrected chi connectivity index (χ1v) is 11.9. The molecule has 0 bridgehead atoms. The topological polar surface area (TPSA) is 56.8 Å². The van der Waals surface area contributed by atoms with Crippen molar-refractivity contribution in [2.24, 2.45) is 0 Å². The summed E-state index contributed by atoms with van der Waals surface area (Å²) >= 11 is 0. The Morgan fingerprint density at radius 3 is 1.75 bits per heavy atom. The van der Waals surface area contributed by atoms with Crippen LogP contribution in [0, 0.1) is 0 Å². The van der Waals surface area contributed by atoms with Crippen LogP contribution in [0.25, 0.3) is 0 Å². The first kappa shape index (κ1) is 25.2. The molecule has 4 aromatic carbocycles. The molecule has 0 unspecified atom stereocenters. The van der Waals surface area contributed by atoms with E-state index >= 15 is 0 Å². The van der Waals surface area contributed by atoms with Crippen LogP contribution in [0.15, 0.2) is 115 Å². The first-order valence-electron chi connectivity index (χ1n) is 11.9. The summed E-state index contributed by atoms with van der Waals surface area (Å²) in [4.78, 5) is 13.0. The molecule has 0 saturated carbocycles. The van der Waals surface area contributed by atoms with Gasteiger partial charge in [0.25, 0.3) is 0 Å². The number of rotatable bonds is 11. The number of methoxy groups -OCH3 is 2.